The molecule has 127 valence electrons. The van der Waals surface area contributed by atoms with Gasteiger partial charge in [-0.05, 0) is 19.7 Å². The minimum absolute atomic E-state index is 0.139. The monoisotopic (exact) mass is 351 g/mol. The van der Waals surface area contributed by atoms with Crippen molar-refractivity contribution in [2.24, 2.45) is 5.11 Å². The van der Waals surface area contributed by atoms with Gasteiger partial charge in [0.1, 0.15) is 7.53 Å². The van der Waals surface area contributed by atoms with Gasteiger partial charge in [0.05, 0.1) is 26.6 Å². The number of ether oxygens (including phenoxy) is 1. The number of rotatable bonds is 17. The Hall–Kier alpha value is 0.0349. The van der Waals surface area contributed by atoms with Gasteiger partial charge < -0.3 is 14.0 Å². The molecule has 0 saturated heterocycles. The van der Waals surface area contributed by atoms with Gasteiger partial charge in [-0.25, -0.2) is 0 Å². The molecule has 0 aliphatic rings. The smallest absolute Gasteiger partial charge is 0.137 e. The van der Waals surface area contributed by atoms with E-state index in [-0.39, 0.29) is 19.3 Å². The van der Waals surface area contributed by atoms with E-state index in [2.05, 4.69) is 16.9 Å². The zero-order valence-electron chi connectivity index (χ0n) is 15.3. The molecule has 0 heterocycles. The van der Waals surface area contributed by atoms with Crippen LogP contribution >= 0.6 is 19.3 Å². The van der Waals surface area contributed by atoms with E-state index in [4.69, 9.17) is 17.1 Å². The van der Waals surface area contributed by atoms with Crippen LogP contribution in [-0.2, 0) is 8.92 Å². The molecule has 1 N–H and O–H groups in total. The van der Waals surface area contributed by atoms with E-state index in [0.717, 1.165) is 38.5 Å². The van der Waals surface area contributed by atoms with Crippen molar-refractivity contribution < 1.29 is 14.0 Å². The van der Waals surface area contributed by atoms with Gasteiger partial charge in [-0.3, -0.25) is 0 Å². The molecule has 9 heteroatoms. The summed E-state index contributed by atoms with van der Waals surface area (Å²) in [5.41, 5.74) is 8.53. The molecular weight excluding hydrogens is 320 g/mol. The summed E-state index contributed by atoms with van der Waals surface area (Å²) >= 11 is 0.899. The molecule has 0 spiro atoms. The topological polar surface area (TPSA) is 87.5 Å². The highest BCUT2D eigenvalue weighted by Gasteiger charge is 2.09. The van der Waals surface area contributed by atoms with Crippen LogP contribution in [0.25, 0.3) is 10.4 Å². The number of aliphatic hydroxyl groups excluding tert-OH is 1. The third kappa shape index (κ3) is 15.0. The predicted octanol–water partition coefficient (Wildman–Crippen LogP) is 3.87. The lowest BCUT2D eigenvalue weighted by Crippen LogP contribution is -2.20. The van der Waals surface area contributed by atoms with Crippen molar-refractivity contribution in [3.8, 4) is 0 Å². The van der Waals surface area contributed by atoms with E-state index in [1.54, 1.807) is 0 Å². The molecular formula is C13H28BN3O3PS. The highest BCUT2D eigenvalue weighted by atomic mass is 32.7. The summed E-state index contributed by atoms with van der Waals surface area (Å²) in [6.45, 7) is 2.94. The minimum atomic E-state index is -1.38. The van der Waals surface area contributed by atoms with Crippen LogP contribution in [0.3, 0.4) is 0 Å². The van der Waals surface area contributed by atoms with E-state index < -0.39 is 13.6 Å². The Kier molecular flexibility index (Phi) is 14.5. The number of azide groups is 1. The van der Waals surface area contributed by atoms with E-state index in [9.17, 15) is 5.11 Å². The lowest BCUT2D eigenvalue weighted by molar-refractivity contribution is 0.0656. The molecule has 0 saturated carbocycles. The quantitative estimate of drug-likeness (QED) is 0.0820. The molecule has 0 aliphatic heterocycles. The SMILES string of the molecule is [2H]P([B][3H])SOCC(COCC[C@H](O)CCCCCCC)N=[N+]=[N-]. The van der Waals surface area contributed by atoms with Gasteiger partial charge in [0.15, 0.2) is 0 Å². The Morgan fingerprint density at radius 2 is 2.27 bits per heavy atom. The molecule has 0 amide bonds. The molecule has 0 aromatic heterocycles. The van der Waals surface area contributed by atoms with Crippen LogP contribution in [0.1, 0.15) is 51.9 Å². The van der Waals surface area contributed by atoms with Gasteiger partial charge in [0, 0.05) is 23.2 Å². The number of nitrogens with zero attached hydrogens (tertiary/aromatic N) is 3. The van der Waals surface area contributed by atoms with Crippen LogP contribution in [0.5, 0.6) is 0 Å². The van der Waals surface area contributed by atoms with Crippen molar-refractivity contribution in [1.82, 2.24) is 0 Å². The van der Waals surface area contributed by atoms with Crippen LogP contribution in [0, 0.1) is 0 Å². The molecule has 1 radical (unpaired) electrons. The van der Waals surface area contributed by atoms with E-state index in [1.807, 2.05) is 0 Å². The van der Waals surface area contributed by atoms with Gasteiger partial charge in [0.25, 0.3) is 0 Å². The van der Waals surface area contributed by atoms with Crippen LogP contribution < -0.4 is 0 Å². The van der Waals surface area contributed by atoms with Gasteiger partial charge in [-0.2, -0.15) is 0 Å². The van der Waals surface area contributed by atoms with Gasteiger partial charge >= 0.3 is 0 Å². The third-order valence-corrected chi connectivity index (χ3v) is 4.02. The van der Waals surface area contributed by atoms with E-state index in [0.29, 0.717) is 13.0 Å². The molecule has 0 aliphatic carbocycles. The fraction of sp³-hybridized carbons (Fsp3) is 1.00. The van der Waals surface area contributed by atoms with Crippen molar-refractivity contribution in [3.05, 3.63) is 10.4 Å². The van der Waals surface area contributed by atoms with Crippen molar-refractivity contribution in [2.75, 3.05) is 19.8 Å². The summed E-state index contributed by atoms with van der Waals surface area (Å²) in [6, 6.07) is -0.470. The van der Waals surface area contributed by atoms with E-state index in [1.165, 1.54) is 19.3 Å². The summed E-state index contributed by atoms with van der Waals surface area (Å²) < 4.78 is 24.9. The number of hydrogen-bond donors (Lipinski definition) is 1. The maximum Gasteiger partial charge on any atom is 0.137 e. The second-order valence-corrected chi connectivity index (χ2v) is 6.72. The molecule has 0 bridgehead atoms. The number of hydrogen-bond acceptors (Lipinski definition) is 5. The van der Waals surface area contributed by atoms with Crippen molar-refractivity contribution in [2.45, 2.75) is 64.0 Å². The summed E-state index contributed by atoms with van der Waals surface area (Å²) in [7, 11) is -0.359. The lowest BCUT2D eigenvalue weighted by Gasteiger charge is -2.13. The minimum Gasteiger partial charge on any atom is -0.393 e. The molecule has 3 atom stereocenters. The average Bonchev–Trinajstić information content (AvgIpc) is 2.58. The van der Waals surface area contributed by atoms with Gasteiger partial charge in [-0.1, -0.05) is 51.7 Å². The second-order valence-electron chi connectivity index (χ2n) is 5.04. The zero-order valence-corrected chi connectivity index (χ0v) is 15.0. The molecule has 2 unspecified atom stereocenters. The van der Waals surface area contributed by atoms with Crippen molar-refractivity contribution >= 4 is 26.8 Å². The Labute approximate surface area is 143 Å². The molecule has 0 fully saturated rings. The van der Waals surface area contributed by atoms with E-state index >= 15 is 0 Å². The average molecular weight is 351 g/mol. The maximum atomic E-state index is 9.87. The van der Waals surface area contributed by atoms with Crippen LogP contribution in [0.4, 0.5) is 0 Å². The Balaban J connectivity index is 3.70. The van der Waals surface area contributed by atoms with Crippen molar-refractivity contribution in [1.29, 1.82) is 2.61 Å². The second kappa shape index (κ2) is 17.4. The van der Waals surface area contributed by atoms with Crippen LogP contribution in [-0.4, -0.2) is 47.2 Å². The lowest BCUT2D eigenvalue weighted by atomic mass is 10.1. The molecule has 22 heavy (non-hydrogen) atoms. The highest BCUT2D eigenvalue weighted by Crippen LogP contribution is 2.24. The number of aliphatic hydroxyl groups is 1. The fourth-order valence-electron chi connectivity index (χ4n) is 1.89. The fourth-order valence-corrected chi connectivity index (χ4v) is 2.54. The maximum absolute atomic E-state index is 9.87. The van der Waals surface area contributed by atoms with Gasteiger partial charge in [0.2, 0.25) is 0 Å². The normalized spacial score (nSPS) is 16.1. The third-order valence-electron chi connectivity index (χ3n) is 3.12. The number of unbranched alkanes of at least 4 members (excludes halogenated alkanes) is 4. The summed E-state index contributed by atoms with van der Waals surface area (Å²) in [4.78, 5) is 2.75. The first-order valence-corrected chi connectivity index (χ1v) is 10.0. The van der Waals surface area contributed by atoms with Crippen LogP contribution in [0.2, 0.25) is 0 Å². The first-order chi connectivity index (χ1) is 11.6. The highest BCUT2D eigenvalue weighted by molar-refractivity contribution is 8.53. The standard InChI is InChI=1S/C13H28BN3O3PS/c1-2-3-4-5-6-7-13(18)8-9-19-10-12(16-17-15)11-20-22-21-14/h12-14,18,21H,2-11H2,1H3/t12?,13-,21?/m1/s1/i14T,21D. The predicted molar refractivity (Wildman–Crippen MR) is 96.8 cm³/mol. The molecule has 0 aromatic carbocycles. The first kappa shape index (κ1) is 18.4. The first-order valence-electron chi connectivity index (χ1n) is 8.75. The van der Waals surface area contributed by atoms with Crippen molar-refractivity contribution in [3.63, 3.8) is 0 Å². The largest absolute Gasteiger partial charge is 0.393 e. The molecule has 0 aromatic rings. The summed E-state index contributed by atoms with van der Waals surface area (Å²) in [5.74, 6) is 0. The molecule has 0 rings (SSSR count). The Morgan fingerprint density at radius 1 is 1.45 bits per heavy atom. The Bertz CT molecular complexity index is 348. The zero-order chi connectivity index (χ0) is 18.0. The van der Waals surface area contributed by atoms with Gasteiger partial charge in [-0.15, -0.1) is 0 Å². The Morgan fingerprint density at radius 3 is 3.00 bits per heavy atom. The van der Waals surface area contributed by atoms with Crippen LogP contribution in [0.15, 0.2) is 5.11 Å². The summed E-state index contributed by atoms with van der Waals surface area (Å²) in [6.07, 6.45) is 6.91. The summed E-state index contributed by atoms with van der Waals surface area (Å²) in [5, 5.41) is 13.5. The molecule has 6 nitrogen and oxygen atoms in total.